The fourth-order valence-electron chi connectivity index (χ4n) is 0.0481. The molecule has 0 heterocycles. The number of rotatable bonds is 1. The van der Waals surface area contributed by atoms with E-state index in [0.717, 1.165) is 6.08 Å². The third kappa shape index (κ3) is 5.46. The summed E-state index contributed by atoms with van der Waals surface area (Å²) in [5.41, 5.74) is 0. The van der Waals surface area contributed by atoms with Crippen LogP contribution in [0.5, 0.6) is 0 Å². The van der Waals surface area contributed by atoms with Crippen LogP contribution in [0.15, 0.2) is 12.7 Å². The molecule has 7 heavy (non-hydrogen) atoms. The van der Waals surface area contributed by atoms with Gasteiger partial charge >= 0.3 is 5.97 Å². The largest absolute Gasteiger partial charge is 0.370 e. The molecule has 3 nitrogen and oxygen atoms in total. The summed E-state index contributed by atoms with van der Waals surface area (Å²) in [6, 6.07) is 0. The van der Waals surface area contributed by atoms with Crippen molar-refractivity contribution in [3.05, 3.63) is 12.7 Å². The molecule has 0 aromatic heterocycles. The third-order valence-corrected chi connectivity index (χ3v) is 0.283. The first-order valence-corrected chi connectivity index (χ1v) is 1.34. The first-order chi connectivity index (χ1) is 2.81. The maximum absolute atomic E-state index is 9.72. The minimum absolute atomic E-state index is 0. The van der Waals surface area contributed by atoms with Gasteiger partial charge in [-0.2, -0.15) is 5.90 Å². The first kappa shape index (κ1) is 9.68. The zero-order chi connectivity index (χ0) is 4.99. The minimum atomic E-state index is -0.616. The van der Waals surface area contributed by atoms with E-state index in [-0.39, 0.29) is 12.4 Å². The summed E-state index contributed by atoms with van der Waals surface area (Å²) < 4.78 is 0. The molecule has 0 spiro atoms. The van der Waals surface area contributed by atoms with E-state index in [1.807, 2.05) is 0 Å². The Balaban J connectivity index is 0. The van der Waals surface area contributed by atoms with Gasteiger partial charge in [-0.1, -0.05) is 6.58 Å². The van der Waals surface area contributed by atoms with Crippen molar-refractivity contribution in [1.29, 1.82) is 0 Å². The molecule has 0 radical (unpaired) electrons. The molecule has 0 unspecified atom stereocenters. The van der Waals surface area contributed by atoms with Crippen LogP contribution in [0.3, 0.4) is 0 Å². The average Bonchev–Trinajstić information content (AvgIpc) is 1.65. The molecule has 0 aromatic carbocycles. The highest BCUT2D eigenvalue weighted by molar-refractivity contribution is 5.85. The van der Waals surface area contributed by atoms with Gasteiger partial charge in [-0.05, 0) is 0 Å². The highest BCUT2D eigenvalue weighted by atomic mass is 35.5. The van der Waals surface area contributed by atoms with Crippen molar-refractivity contribution < 1.29 is 9.63 Å². The van der Waals surface area contributed by atoms with Crippen LogP contribution in [-0.2, 0) is 9.63 Å². The quantitative estimate of drug-likeness (QED) is 0.395. The van der Waals surface area contributed by atoms with Crippen LogP contribution in [0.4, 0.5) is 0 Å². The van der Waals surface area contributed by atoms with E-state index in [0.29, 0.717) is 0 Å². The monoisotopic (exact) mass is 123 g/mol. The van der Waals surface area contributed by atoms with Gasteiger partial charge < -0.3 is 4.84 Å². The first-order valence-electron chi connectivity index (χ1n) is 1.34. The second kappa shape index (κ2) is 5.46. The Bertz CT molecular complexity index is 73.3. The molecule has 0 saturated heterocycles. The molecule has 0 fully saturated rings. The van der Waals surface area contributed by atoms with Crippen LogP contribution in [0.2, 0.25) is 0 Å². The van der Waals surface area contributed by atoms with Crippen molar-refractivity contribution in [2.24, 2.45) is 5.90 Å². The molecule has 0 aromatic rings. The summed E-state index contributed by atoms with van der Waals surface area (Å²) in [5.74, 6) is 3.75. The Kier molecular flexibility index (Phi) is 7.55. The summed E-state index contributed by atoms with van der Waals surface area (Å²) in [6.45, 7) is 3.08. The number of hydrogen-bond acceptors (Lipinski definition) is 3. The molecule has 0 rings (SSSR count). The molecular weight excluding hydrogens is 117 g/mol. The Morgan fingerprint density at radius 2 is 2.29 bits per heavy atom. The molecule has 2 N–H and O–H groups in total. The molecule has 42 valence electrons. The second-order valence-electron chi connectivity index (χ2n) is 0.641. The summed E-state index contributed by atoms with van der Waals surface area (Å²) in [6.07, 6.45) is 0.986. The zero-order valence-corrected chi connectivity index (χ0v) is 4.40. The molecule has 0 aliphatic carbocycles. The van der Waals surface area contributed by atoms with Crippen LogP contribution in [0.25, 0.3) is 0 Å². The summed E-state index contributed by atoms with van der Waals surface area (Å²) in [4.78, 5) is 13.4. The smallest absolute Gasteiger partial charge is 0.348 e. The van der Waals surface area contributed by atoms with Crippen LogP contribution in [-0.4, -0.2) is 5.97 Å². The third-order valence-electron chi connectivity index (χ3n) is 0.283. The molecule has 0 aliphatic rings. The van der Waals surface area contributed by atoms with E-state index in [4.69, 9.17) is 0 Å². The van der Waals surface area contributed by atoms with E-state index >= 15 is 0 Å². The number of nitrogens with two attached hydrogens (primary N) is 1. The lowest BCUT2D eigenvalue weighted by Crippen LogP contribution is -2.04. The maximum atomic E-state index is 9.72. The Morgan fingerprint density at radius 3 is 2.29 bits per heavy atom. The Labute approximate surface area is 47.5 Å². The average molecular weight is 124 g/mol. The Hall–Kier alpha value is -0.540. The van der Waals surface area contributed by atoms with Gasteiger partial charge in [-0.3, -0.25) is 0 Å². The summed E-state index contributed by atoms with van der Waals surface area (Å²) >= 11 is 0. The lowest BCUT2D eigenvalue weighted by molar-refractivity contribution is -0.138. The summed E-state index contributed by atoms with van der Waals surface area (Å²) in [5, 5.41) is 0. The van der Waals surface area contributed by atoms with Crippen LogP contribution in [0, 0.1) is 0 Å². The lowest BCUT2D eigenvalue weighted by atomic mass is 10.7. The van der Waals surface area contributed by atoms with Gasteiger partial charge in [0, 0.05) is 6.08 Å². The van der Waals surface area contributed by atoms with Gasteiger partial charge in [0.1, 0.15) is 0 Å². The molecule has 0 atom stereocenters. The maximum Gasteiger partial charge on any atom is 0.348 e. The van der Waals surface area contributed by atoms with E-state index < -0.39 is 5.97 Å². The lowest BCUT2D eigenvalue weighted by Gasteiger charge is -1.81. The molecule has 0 saturated carbocycles. The number of carbonyl (C=O) groups is 1. The molecule has 0 amide bonds. The molecule has 4 heteroatoms. The predicted molar refractivity (Wildman–Crippen MR) is 27.7 cm³/mol. The standard InChI is InChI=1S/C3H5NO2.ClH/c1-2-3(5)6-4;/h2H,1,4H2;1H. The summed E-state index contributed by atoms with van der Waals surface area (Å²) in [7, 11) is 0. The van der Waals surface area contributed by atoms with E-state index in [2.05, 4.69) is 17.3 Å². The van der Waals surface area contributed by atoms with Crippen LogP contribution >= 0.6 is 12.4 Å². The normalized spacial score (nSPS) is 5.86. The van der Waals surface area contributed by atoms with Crippen LogP contribution < -0.4 is 5.90 Å². The van der Waals surface area contributed by atoms with Gasteiger partial charge in [0.15, 0.2) is 0 Å². The van der Waals surface area contributed by atoms with E-state index in [9.17, 15) is 4.79 Å². The van der Waals surface area contributed by atoms with Crippen molar-refractivity contribution in [3.8, 4) is 0 Å². The van der Waals surface area contributed by atoms with E-state index in [1.54, 1.807) is 0 Å². The topological polar surface area (TPSA) is 52.3 Å². The Morgan fingerprint density at radius 1 is 1.86 bits per heavy atom. The van der Waals surface area contributed by atoms with Crippen molar-refractivity contribution in [2.75, 3.05) is 0 Å². The van der Waals surface area contributed by atoms with E-state index in [1.165, 1.54) is 0 Å². The number of hydrogen-bond donors (Lipinski definition) is 1. The number of halogens is 1. The minimum Gasteiger partial charge on any atom is -0.370 e. The fraction of sp³-hybridized carbons (Fsp3) is 0. The van der Waals surface area contributed by atoms with Gasteiger partial charge in [-0.15, -0.1) is 12.4 Å². The highest BCUT2D eigenvalue weighted by Gasteiger charge is 1.83. The predicted octanol–water partition coefficient (Wildman–Crippen LogP) is 0.0111. The highest BCUT2D eigenvalue weighted by Crippen LogP contribution is 1.64. The van der Waals surface area contributed by atoms with Gasteiger partial charge in [-0.25, -0.2) is 4.79 Å². The van der Waals surface area contributed by atoms with Crippen molar-refractivity contribution >= 4 is 18.4 Å². The van der Waals surface area contributed by atoms with Crippen LogP contribution in [0.1, 0.15) is 0 Å². The molecule has 0 bridgehead atoms. The van der Waals surface area contributed by atoms with Crippen molar-refractivity contribution in [3.63, 3.8) is 0 Å². The van der Waals surface area contributed by atoms with Gasteiger partial charge in [0.2, 0.25) is 0 Å². The second-order valence-corrected chi connectivity index (χ2v) is 0.641. The molecule has 0 aliphatic heterocycles. The molecular formula is C3H6ClNO2. The van der Waals surface area contributed by atoms with Gasteiger partial charge in [0.25, 0.3) is 0 Å². The zero-order valence-electron chi connectivity index (χ0n) is 3.59. The van der Waals surface area contributed by atoms with Gasteiger partial charge in [0.05, 0.1) is 0 Å². The van der Waals surface area contributed by atoms with Crippen molar-refractivity contribution in [1.82, 2.24) is 0 Å². The number of carbonyl (C=O) groups excluding carboxylic acids is 1. The SMILES string of the molecule is C=CC(=O)ON.Cl. The van der Waals surface area contributed by atoms with Crippen molar-refractivity contribution in [2.45, 2.75) is 0 Å². The fourth-order valence-corrected chi connectivity index (χ4v) is 0.0481.